The highest BCUT2D eigenvalue weighted by atomic mass is 16.6. The summed E-state index contributed by atoms with van der Waals surface area (Å²) >= 11 is 0. The van der Waals surface area contributed by atoms with Gasteiger partial charge in [0, 0.05) is 13.1 Å². The van der Waals surface area contributed by atoms with E-state index in [1.807, 2.05) is 0 Å². The Balaban J connectivity index is 1.30. The molecule has 6 saturated heterocycles. The topological polar surface area (TPSA) is 59.1 Å². The molecule has 0 N–H and O–H groups in total. The first kappa shape index (κ1) is 14.5. The fourth-order valence-electron chi connectivity index (χ4n) is 4.46. The molecule has 0 spiro atoms. The maximum absolute atomic E-state index is 12.0. The van der Waals surface area contributed by atoms with Crippen molar-refractivity contribution in [2.45, 2.75) is 37.9 Å². The first-order valence-corrected chi connectivity index (χ1v) is 8.55. The number of nitrogens with zero attached hydrogens (tertiary/aromatic N) is 2. The molecule has 6 aliphatic heterocycles. The molecule has 6 heteroatoms. The van der Waals surface area contributed by atoms with Crippen molar-refractivity contribution >= 4 is 11.9 Å². The van der Waals surface area contributed by atoms with Crippen LogP contribution in [0.4, 0.5) is 0 Å². The van der Waals surface area contributed by atoms with Crippen LogP contribution in [0.5, 0.6) is 0 Å². The Bertz CT molecular complexity index is 411. The maximum Gasteiger partial charge on any atom is 0.417 e. The molecule has 22 heavy (non-hydrogen) atoms. The standard InChI is InChI=1S/C16H24N2O4/c19-15(21-13-9-17-5-1-11(13)2-6-17)16(20)22-14-10-18-7-3-12(14)4-8-18/h11-14H,1-10H2/t13-,14-/m0/s1. The highest BCUT2D eigenvalue weighted by molar-refractivity contribution is 6.29. The van der Waals surface area contributed by atoms with E-state index in [0.717, 1.165) is 65.0 Å². The summed E-state index contributed by atoms with van der Waals surface area (Å²) in [4.78, 5) is 28.7. The summed E-state index contributed by atoms with van der Waals surface area (Å²) in [5.74, 6) is -0.762. The molecule has 0 saturated carbocycles. The van der Waals surface area contributed by atoms with Gasteiger partial charge in [-0.3, -0.25) is 9.80 Å². The number of hydrogen-bond acceptors (Lipinski definition) is 6. The third-order valence-electron chi connectivity index (χ3n) is 5.88. The Morgan fingerprint density at radius 2 is 1.05 bits per heavy atom. The number of fused-ring (bicyclic) bond motifs is 6. The predicted octanol–water partition coefficient (Wildman–Crippen LogP) is 0.261. The van der Waals surface area contributed by atoms with Crippen molar-refractivity contribution < 1.29 is 19.1 Å². The van der Waals surface area contributed by atoms with Gasteiger partial charge in [0.15, 0.2) is 0 Å². The average Bonchev–Trinajstić information content (AvgIpc) is 2.57. The molecule has 0 unspecified atom stereocenters. The zero-order valence-corrected chi connectivity index (χ0v) is 12.9. The van der Waals surface area contributed by atoms with Crippen LogP contribution in [0.2, 0.25) is 0 Å². The summed E-state index contributed by atoms with van der Waals surface area (Å²) in [5.41, 5.74) is 0. The molecule has 6 aliphatic rings. The Morgan fingerprint density at radius 3 is 1.32 bits per heavy atom. The van der Waals surface area contributed by atoms with Gasteiger partial charge in [-0.05, 0) is 63.7 Å². The highest BCUT2D eigenvalue weighted by Crippen LogP contribution is 2.31. The van der Waals surface area contributed by atoms with E-state index in [2.05, 4.69) is 9.80 Å². The van der Waals surface area contributed by atoms with Crippen molar-refractivity contribution in [2.75, 3.05) is 39.3 Å². The molecule has 6 fully saturated rings. The van der Waals surface area contributed by atoms with Gasteiger partial charge < -0.3 is 9.47 Å². The summed E-state index contributed by atoms with van der Waals surface area (Å²) in [6, 6.07) is 0. The number of esters is 2. The van der Waals surface area contributed by atoms with Gasteiger partial charge in [-0.1, -0.05) is 0 Å². The van der Waals surface area contributed by atoms with Crippen LogP contribution in [0.3, 0.4) is 0 Å². The van der Waals surface area contributed by atoms with Crippen LogP contribution in [0.15, 0.2) is 0 Å². The third kappa shape index (κ3) is 2.74. The zero-order chi connectivity index (χ0) is 15.1. The largest absolute Gasteiger partial charge is 0.452 e. The van der Waals surface area contributed by atoms with Crippen LogP contribution < -0.4 is 0 Å². The second-order valence-electron chi connectivity index (χ2n) is 7.16. The number of carbonyl (C=O) groups is 2. The van der Waals surface area contributed by atoms with E-state index in [-0.39, 0.29) is 12.2 Å². The second kappa shape index (κ2) is 5.81. The van der Waals surface area contributed by atoms with Gasteiger partial charge in [-0.2, -0.15) is 0 Å². The van der Waals surface area contributed by atoms with E-state index in [0.29, 0.717) is 11.8 Å². The molecule has 122 valence electrons. The van der Waals surface area contributed by atoms with Crippen LogP contribution in [-0.4, -0.2) is 73.2 Å². The lowest BCUT2D eigenvalue weighted by atomic mass is 9.86. The van der Waals surface area contributed by atoms with Gasteiger partial charge in [0.1, 0.15) is 12.2 Å². The van der Waals surface area contributed by atoms with Gasteiger partial charge >= 0.3 is 11.9 Å². The van der Waals surface area contributed by atoms with Crippen molar-refractivity contribution in [1.29, 1.82) is 0 Å². The average molecular weight is 308 g/mol. The van der Waals surface area contributed by atoms with Crippen molar-refractivity contribution in [3.05, 3.63) is 0 Å². The molecule has 0 aromatic rings. The Labute approximate surface area is 130 Å². The normalized spacial score (nSPS) is 42.9. The van der Waals surface area contributed by atoms with E-state index in [1.165, 1.54) is 0 Å². The minimum Gasteiger partial charge on any atom is -0.452 e. The van der Waals surface area contributed by atoms with Crippen molar-refractivity contribution in [2.24, 2.45) is 11.8 Å². The monoisotopic (exact) mass is 308 g/mol. The van der Waals surface area contributed by atoms with E-state index >= 15 is 0 Å². The van der Waals surface area contributed by atoms with Crippen LogP contribution in [0.1, 0.15) is 25.7 Å². The van der Waals surface area contributed by atoms with Gasteiger partial charge in [0.2, 0.25) is 0 Å². The van der Waals surface area contributed by atoms with Crippen molar-refractivity contribution in [1.82, 2.24) is 9.80 Å². The SMILES string of the molecule is O=C(O[C@H]1CN2CCC1CC2)C(=O)O[C@H]1CN2CCC1CC2. The Hall–Kier alpha value is -1.14. The zero-order valence-electron chi connectivity index (χ0n) is 12.9. The van der Waals surface area contributed by atoms with Gasteiger partial charge in [0.25, 0.3) is 0 Å². The number of piperidine rings is 6. The summed E-state index contributed by atoms with van der Waals surface area (Å²) in [6.07, 6.45) is 3.99. The van der Waals surface area contributed by atoms with E-state index in [9.17, 15) is 9.59 Å². The molecule has 4 bridgehead atoms. The highest BCUT2D eigenvalue weighted by Gasteiger charge is 2.40. The first-order valence-electron chi connectivity index (χ1n) is 8.55. The van der Waals surface area contributed by atoms with Crippen LogP contribution in [0.25, 0.3) is 0 Å². The van der Waals surface area contributed by atoms with Gasteiger partial charge in [0.05, 0.1) is 0 Å². The van der Waals surface area contributed by atoms with Gasteiger partial charge in [-0.15, -0.1) is 0 Å². The summed E-state index contributed by atoms with van der Waals surface area (Å²) in [6.45, 7) is 5.88. The molecule has 6 heterocycles. The molecular weight excluding hydrogens is 284 g/mol. The smallest absolute Gasteiger partial charge is 0.417 e. The van der Waals surface area contributed by atoms with Crippen LogP contribution in [0, 0.1) is 11.8 Å². The number of rotatable bonds is 2. The third-order valence-corrected chi connectivity index (χ3v) is 5.88. The lowest BCUT2D eigenvalue weighted by Gasteiger charge is -2.44. The van der Waals surface area contributed by atoms with Crippen LogP contribution >= 0.6 is 0 Å². The number of hydrogen-bond donors (Lipinski definition) is 0. The lowest BCUT2D eigenvalue weighted by Crippen LogP contribution is -2.54. The minimum atomic E-state index is -0.796. The van der Waals surface area contributed by atoms with E-state index < -0.39 is 11.9 Å². The van der Waals surface area contributed by atoms with E-state index in [4.69, 9.17) is 9.47 Å². The lowest BCUT2D eigenvalue weighted by molar-refractivity contribution is -0.184. The van der Waals surface area contributed by atoms with Crippen LogP contribution in [-0.2, 0) is 19.1 Å². The maximum atomic E-state index is 12.0. The minimum absolute atomic E-state index is 0.130. The molecule has 6 rings (SSSR count). The summed E-state index contributed by atoms with van der Waals surface area (Å²) in [7, 11) is 0. The molecular formula is C16H24N2O4. The summed E-state index contributed by atoms with van der Waals surface area (Å²) in [5, 5.41) is 0. The van der Waals surface area contributed by atoms with E-state index in [1.54, 1.807) is 0 Å². The fraction of sp³-hybridized carbons (Fsp3) is 0.875. The molecule has 0 radical (unpaired) electrons. The molecule has 6 nitrogen and oxygen atoms in total. The molecule has 0 aromatic heterocycles. The second-order valence-corrected chi connectivity index (χ2v) is 7.16. The quantitative estimate of drug-likeness (QED) is 0.539. The number of carbonyl (C=O) groups excluding carboxylic acids is 2. The molecule has 0 aliphatic carbocycles. The summed E-state index contributed by atoms with van der Waals surface area (Å²) < 4.78 is 10.9. The van der Waals surface area contributed by atoms with Crippen molar-refractivity contribution in [3.8, 4) is 0 Å². The van der Waals surface area contributed by atoms with Crippen molar-refractivity contribution in [3.63, 3.8) is 0 Å². The van der Waals surface area contributed by atoms with Gasteiger partial charge in [-0.25, -0.2) is 9.59 Å². The predicted molar refractivity (Wildman–Crippen MR) is 78.1 cm³/mol. The molecule has 2 atom stereocenters. The first-order chi connectivity index (χ1) is 10.7. The molecule has 0 amide bonds. The molecule has 0 aromatic carbocycles. The Kier molecular flexibility index (Phi) is 3.82. The fourth-order valence-corrected chi connectivity index (χ4v) is 4.46. The Morgan fingerprint density at radius 1 is 0.682 bits per heavy atom. The number of ether oxygens (including phenoxy) is 2.